The highest BCUT2D eigenvalue weighted by molar-refractivity contribution is 7.20. The third kappa shape index (κ3) is 6.66. The molecular weight excluding hydrogens is 617 g/mol. The Kier molecular flexibility index (Phi) is 9.72. The molecule has 2 heterocycles. The Morgan fingerprint density at radius 3 is 2.47 bits per heavy atom. The predicted octanol–water partition coefficient (Wildman–Crippen LogP) is 3.38. The number of hydrogen-bond acceptors (Lipinski definition) is 7. The summed E-state index contributed by atoms with van der Waals surface area (Å²) in [7, 11) is 1.30. The molecule has 43 heavy (non-hydrogen) atoms. The molecule has 11 nitrogen and oxygen atoms in total. The second-order valence-electron chi connectivity index (χ2n) is 11.9. The van der Waals surface area contributed by atoms with Gasteiger partial charge in [-0.2, -0.15) is 0 Å². The van der Waals surface area contributed by atoms with Crippen LogP contribution in [0.5, 0.6) is 0 Å². The van der Waals surface area contributed by atoms with E-state index in [0.717, 1.165) is 30.6 Å². The number of nitrogens with zero attached hydrogens (tertiary/aromatic N) is 1. The molecule has 4 atom stereocenters. The Hall–Kier alpha value is -3.22. The summed E-state index contributed by atoms with van der Waals surface area (Å²) in [5.41, 5.74) is -0.616. The molecule has 0 saturated heterocycles. The number of nitrogens with one attached hydrogen (secondary N) is 4. The molecule has 2 aliphatic rings. The highest BCUT2D eigenvalue weighted by Crippen LogP contribution is 2.65. The summed E-state index contributed by atoms with van der Waals surface area (Å²) in [6.45, 7) is 6.48. The van der Waals surface area contributed by atoms with Crippen LogP contribution in [-0.2, 0) is 25.7 Å². The van der Waals surface area contributed by atoms with Gasteiger partial charge in [0.05, 0.1) is 9.90 Å². The Morgan fingerprint density at radius 1 is 1.16 bits per heavy atom. The summed E-state index contributed by atoms with van der Waals surface area (Å²) in [6.07, 6.45) is 3.95. The van der Waals surface area contributed by atoms with Gasteiger partial charge in [-0.25, -0.2) is 0 Å². The average Bonchev–Trinajstić information content (AvgIpc) is 3.47. The minimum atomic E-state index is -1.31. The number of ketones is 1. The lowest BCUT2D eigenvalue weighted by Crippen LogP contribution is -2.48. The predicted molar refractivity (Wildman–Crippen MR) is 164 cm³/mol. The molecule has 2 bridgehead atoms. The lowest BCUT2D eigenvalue weighted by Gasteiger charge is -2.39. The number of rotatable bonds is 11. The highest BCUT2D eigenvalue weighted by atomic mass is 35.5. The summed E-state index contributed by atoms with van der Waals surface area (Å²) in [6, 6.07) is 2.93. The summed E-state index contributed by atoms with van der Waals surface area (Å²) in [5.74, 6) is -2.91. The number of carbonyl (C=O) groups is 5. The number of amides is 4. The Labute approximate surface area is 263 Å². The normalized spacial score (nSPS) is 22.5. The van der Waals surface area contributed by atoms with Gasteiger partial charge in [0.1, 0.15) is 22.6 Å². The number of anilines is 1. The van der Waals surface area contributed by atoms with Crippen LogP contribution in [0.1, 0.15) is 63.2 Å². The molecular formula is C29H35Cl2N5O6S. The first kappa shape index (κ1) is 32.7. The lowest BCUT2D eigenvalue weighted by molar-refractivity contribution is -0.137. The Balaban J connectivity index is 1.46. The van der Waals surface area contributed by atoms with Gasteiger partial charge >= 0.3 is 0 Å². The van der Waals surface area contributed by atoms with Crippen molar-refractivity contribution in [1.29, 1.82) is 0 Å². The summed E-state index contributed by atoms with van der Waals surface area (Å²) in [4.78, 5) is 76.2. The SMILES string of the molecule is CNC(=O)C(=O)CC[C@H](NC(=O)c1cc(Cl)sc1Cl)C(=O)Nc1cccn(CC(=O)N[C@H]2C[C@H]3CC[C@]2(C)C3(C)C)c1=O. The molecule has 4 rings (SSSR count). The number of Topliss-reactive ketones (excluding diaryl/α,β-unsaturated/α-hetero) is 1. The molecule has 4 amide bonds. The largest absolute Gasteiger partial charge is 0.353 e. The molecule has 14 heteroatoms. The van der Waals surface area contributed by atoms with Gasteiger partial charge in [0.25, 0.3) is 17.4 Å². The quantitative estimate of drug-likeness (QED) is 0.273. The maximum absolute atomic E-state index is 13.3. The zero-order chi connectivity index (χ0) is 31.7. The number of aromatic nitrogens is 1. The minimum Gasteiger partial charge on any atom is -0.353 e. The van der Waals surface area contributed by atoms with Crippen LogP contribution in [0.15, 0.2) is 29.2 Å². The highest BCUT2D eigenvalue weighted by Gasteiger charge is 2.61. The van der Waals surface area contributed by atoms with Crippen molar-refractivity contribution in [3.05, 3.63) is 49.0 Å². The number of hydrogen-bond donors (Lipinski definition) is 4. The van der Waals surface area contributed by atoms with E-state index < -0.39 is 35.1 Å². The van der Waals surface area contributed by atoms with Gasteiger partial charge in [0.15, 0.2) is 0 Å². The summed E-state index contributed by atoms with van der Waals surface area (Å²) < 4.78 is 1.56. The van der Waals surface area contributed by atoms with Crippen molar-refractivity contribution in [1.82, 2.24) is 20.5 Å². The van der Waals surface area contributed by atoms with Crippen molar-refractivity contribution in [3.8, 4) is 0 Å². The zero-order valence-corrected chi connectivity index (χ0v) is 26.7. The van der Waals surface area contributed by atoms with Crippen LogP contribution in [0.4, 0.5) is 5.69 Å². The molecule has 2 aromatic rings. The van der Waals surface area contributed by atoms with E-state index in [4.69, 9.17) is 23.2 Å². The third-order valence-electron chi connectivity index (χ3n) is 9.38. The molecule has 2 aromatic heterocycles. The number of thiophene rings is 1. The molecule has 0 aliphatic heterocycles. The smallest absolute Gasteiger partial charge is 0.287 e. The van der Waals surface area contributed by atoms with Gasteiger partial charge < -0.3 is 25.8 Å². The number of fused-ring (bicyclic) bond motifs is 2. The molecule has 2 fully saturated rings. The van der Waals surface area contributed by atoms with E-state index in [2.05, 4.69) is 42.0 Å². The number of likely N-dealkylation sites (N-methyl/N-ethyl adjacent to an activating group) is 1. The molecule has 4 N–H and O–H groups in total. The summed E-state index contributed by atoms with van der Waals surface area (Å²) >= 11 is 13.0. The summed E-state index contributed by atoms with van der Waals surface area (Å²) in [5, 5.41) is 10.3. The molecule has 2 saturated carbocycles. The fraction of sp³-hybridized carbons (Fsp3) is 0.517. The van der Waals surface area contributed by atoms with Crippen LogP contribution in [0, 0.1) is 16.7 Å². The number of carbonyl (C=O) groups excluding carboxylic acids is 5. The number of halogens is 2. The van der Waals surface area contributed by atoms with Gasteiger partial charge in [-0.1, -0.05) is 44.0 Å². The van der Waals surface area contributed by atoms with Crippen molar-refractivity contribution in [2.75, 3.05) is 12.4 Å². The Bertz CT molecular complexity index is 1520. The van der Waals surface area contributed by atoms with Crippen molar-refractivity contribution >= 4 is 69.6 Å². The molecule has 232 valence electrons. The van der Waals surface area contributed by atoms with Crippen molar-refractivity contribution in [2.45, 2.75) is 71.5 Å². The van der Waals surface area contributed by atoms with Gasteiger partial charge in [-0.15, -0.1) is 11.3 Å². The lowest BCUT2D eigenvalue weighted by atomic mass is 9.69. The van der Waals surface area contributed by atoms with E-state index in [-0.39, 0.29) is 62.1 Å². The van der Waals surface area contributed by atoms with E-state index in [1.807, 2.05) is 0 Å². The maximum Gasteiger partial charge on any atom is 0.287 e. The maximum atomic E-state index is 13.3. The van der Waals surface area contributed by atoms with Crippen LogP contribution in [-0.4, -0.2) is 53.1 Å². The van der Waals surface area contributed by atoms with Crippen LogP contribution in [0.2, 0.25) is 8.67 Å². The van der Waals surface area contributed by atoms with Crippen molar-refractivity contribution in [3.63, 3.8) is 0 Å². The van der Waals surface area contributed by atoms with Crippen molar-refractivity contribution in [2.24, 2.45) is 16.7 Å². The first-order valence-electron chi connectivity index (χ1n) is 14.0. The van der Waals surface area contributed by atoms with Crippen LogP contribution in [0.25, 0.3) is 0 Å². The fourth-order valence-corrected chi connectivity index (χ4v) is 7.78. The molecule has 0 aromatic carbocycles. The van der Waals surface area contributed by atoms with E-state index in [9.17, 15) is 28.8 Å². The van der Waals surface area contributed by atoms with Gasteiger partial charge in [-0.05, 0) is 60.6 Å². The number of pyridine rings is 1. The van der Waals surface area contributed by atoms with E-state index in [0.29, 0.717) is 5.92 Å². The second kappa shape index (κ2) is 12.8. The first-order valence-corrected chi connectivity index (χ1v) is 15.6. The van der Waals surface area contributed by atoms with Crippen molar-refractivity contribution < 1.29 is 24.0 Å². The standard InChI is InChI=1S/C29H35Cl2N5O6S/c1-28(2)15-9-10-29(28,3)20(12-15)35-22(38)14-36-11-5-6-18(27(36)42)34-25(40)17(7-8-19(37)26(41)32-4)33-24(39)16-13-21(30)43-23(16)31/h5-6,11,13,15,17,20H,7-10,12,14H2,1-4H3,(H,32,41)(H,33,39)(H,34,40)(H,35,38)/t15-,17+,20+,29+/m1/s1. The molecule has 2 aliphatic carbocycles. The van der Waals surface area contributed by atoms with E-state index >= 15 is 0 Å². The topological polar surface area (TPSA) is 155 Å². The second-order valence-corrected chi connectivity index (χ2v) is 14.2. The van der Waals surface area contributed by atoms with Gasteiger partial charge in [0.2, 0.25) is 17.6 Å². The third-order valence-corrected chi connectivity index (χ3v) is 10.9. The molecule has 0 radical (unpaired) electrons. The Morgan fingerprint density at radius 2 is 1.88 bits per heavy atom. The minimum absolute atomic E-state index is 0.0146. The van der Waals surface area contributed by atoms with Crippen LogP contribution in [0.3, 0.4) is 0 Å². The fourth-order valence-electron chi connectivity index (χ4n) is 6.32. The van der Waals surface area contributed by atoms with Crippen LogP contribution < -0.4 is 26.8 Å². The van der Waals surface area contributed by atoms with Crippen LogP contribution >= 0.6 is 34.5 Å². The first-order chi connectivity index (χ1) is 20.2. The van der Waals surface area contributed by atoms with Gasteiger partial charge in [-0.3, -0.25) is 28.8 Å². The monoisotopic (exact) mass is 651 g/mol. The van der Waals surface area contributed by atoms with E-state index in [1.54, 1.807) is 0 Å². The molecule has 0 spiro atoms. The molecule has 0 unspecified atom stereocenters. The van der Waals surface area contributed by atoms with Gasteiger partial charge in [0, 0.05) is 25.7 Å². The van der Waals surface area contributed by atoms with E-state index in [1.165, 1.54) is 36.0 Å². The zero-order valence-electron chi connectivity index (χ0n) is 24.3. The average molecular weight is 653 g/mol.